The second kappa shape index (κ2) is 12.6. The molecule has 2 N–H and O–H groups in total. The summed E-state index contributed by atoms with van der Waals surface area (Å²) in [5, 5.41) is 14.7. The summed E-state index contributed by atoms with van der Waals surface area (Å²) in [6.45, 7) is 5.16. The van der Waals surface area contributed by atoms with Gasteiger partial charge in [-0.25, -0.2) is 0 Å². The lowest BCUT2D eigenvalue weighted by atomic mass is 9.83. The molecule has 5 rings (SSSR count). The summed E-state index contributed by atoms with van der Waals surface area (Å²) in [5.74, 6) is -0.0823. The molecule has 39 heavy (non-hydrogen) atoms. The van der Waals surface area contributed by atoms with Crippen LogP contribution < -0.4 is 5.32 Å². The summed E-state index contributed by atoms with van der Waals surface area (Å²) in [5.41, 5.74) is 3.87. The molecule has 0 saturated carbocycles. The molecule has 7 nitrogen and oxygen atoms in total. The van der Waals surface area contributed by atoms with Gasteiger partial charge in [0, 0.05) is 57.8 Å². The Balaban J connectivity index is 1.02. The molecule has 2 aromatic rings. The Hall–Kier alpha value is -2.71. The molecule has 1 aliphatic heterocycles. The first-order valence-electron chi connectivity index (χ1n) is 13.6. The number of hydrogen-bond donors (Lipinski definition) is 2. The van der Waals surface area contributed by atoms with Crippen molar-refractivity contribution in [2.75, 3.05) is 45.8 Å². The van der Waals surface area contributed by atoms with Gasteiger partial charge in [0.25, 0.3) is 0 Å². The summed E-state index contributed by atoms with van der Waals surface area (Å²) >= 11 is 12.1. The van der Waals surface area contributed by atoms with Gasteiger partial charge in [0.05, 0.1) is 28.7 Å². The van der Waals surface area contributed by atoms with Crippen molar-refractivity contribution in [2.45, 2.75) is 37.6 Å². The summed E-state index contributed by atoms with van der Waals surface area (Å²) in [6, 6.07) is 13.9. The number of hydrogen-bond acceptors (Lipinski definition) is 6. The van der Waals surface area contributed by atoms with Crippen LogP contribution in [-0.4, -0.2) is 84.7 Å². The molecule has 0 bridgehead atoms. The Morgan fingerprint density at radius 2 is 1.67 bits per heavy atom. The Labute approximate surface area is 239 Å². The van der Waals surface area contributed by atoms with Crippen LogP contribution in [0, 0.1) is 0 Å². The van der Waals surface area contributed by atoms with E-state index in [4.69, 9.17) is 23.2 Å². The highest BCUT2D eigenvalue weighted by Crippen LogP contribution is 2.35. The third-order valence-electron chi connectivity index (χ3n) is 7.91. The molecule has 2 aliphatic carbocycles. The van der Waals surface area contributed by atoms with Gasteiger partial charge in [-0.3, -0.25) is 24.4 Å². The highest BCUT2D eigenvalue weighted by Gasteiger charge is 2.28. The van der Waals surface area contributed by atoms with Crippen LogP contribution in [0.1, 0.15) is 35.4 Å². The van der Waals surface area contributed by atoms with E-state index < -0.39 is 0 Å². The van der Waals surface area contributed by atoms with Crippen molar-refractivity contribution >= 4 is 41.1 Å². The van der Waals surface area contributed by atoms with Crippen molar-refractivity contribution in [2.24, 2.45) is 4.99 Å². The summed E-state index contributed by atoms with van der Waals surface area (Å²) in [6.07, 6.45) is 4.01. The number of nitrogens with one attached hydrogen (secondary N) is 1. The second-order valence-electron chi connectivity index (χ2n) is 10.7. The normalized spacial score (nSPS) is 21.1. The number of allylic oxidation sites excluding steroid dienone is 2. The number of Topliss-reactive ketones (excluding diaryl/α,β-unsaturated/α-hetero) is 1. The Morgan fingerprint density at radius 1 is 0.974 bits per heavy atom. The zero-order valence-corrected chi connectivity index (χ0v) is 23.4. The van der Waals surface area contributed by atoms with Gasteiger partial charge in [0.15, 0.2) is 5.78 Å². The van der Waals surface area contributed by atoms with E-state index in [1.54, 1.807) is 12.1 Å². The largest absolute Gasteiger partial charge is 0.511 e. The van der Waals surface area contributed by atoms with E-state index in [-0.39, 0.29) is 29.4 Å². The fourth-order valence-corrected chi connectivity index (χ4v) is 6.03. The fourth-order valence-electron chi connectivity index (χ4n) is 5.72. The lowest BCUT2D eigenvalue weighted by Crippen LogP contribution is -2.51. The lowest BCUT2D eigenvalue weighted by molar-refractivity contribution is -0.123. The Kier molecular flexibility index (Phi) is 9.03. The number of aliphatic hydroxyl groups excluding tert-OH is 1. The maximum atomic E-state index is 12.7. The van der Waals surface area contributed by atoms with Crippen LogP contribution in [-0.2, 0) is 22.4 Å². The van der Waals surface area contributed by atoms with Gasteiger partial charge in [0.2, 0.25) is 5.91 Å². The van der Waals surface area contributed by atoms with Crippen molar-refractivity contribution in [1.29, 1.82) is 0 Å². The third-order valence-corrected chi connectivity index (χ3v) is 8.65. The molecule has 1 amide bonds. The van der Waals surface area contributed by atoms with Crippen molar-refractivity contribution in [1.82, 2.24) is 15.1 Å². The number of aliphatic hydroxyl groups is 1. The van der Waals surface area contributed by atoms with Crippen LogP contribution in [0.2, 0.25) is 10.0 Å². The first kappa shape index (κ1) is 27.8. The number of amides is 1. The van der Waals surface area contributed by atoms with Gasteiger partial charge >= 0.3 is 0 Å². The molecule has 1 saturated heterocycles. The van der Waals surface area contributed by atoms with Crippen LogP contribution in [0.4, 0.5) is 0 Å². The molecular formula is C30H34Cl2N4O3. The quantitative estimate of drug-likeness (QED) is 0.465. The Morgan fingerprint density at radius 3 is 2.33 bits per heavy atom. The van der Waals surface area contributed by atoms with Crippen LogP contribution in [0.5, 0.6) is 0 Å². The van der Waals surface area contributed by atoms with Crippen molar-refractivity contribution in [3.8, 4) is 0 Å². The number of aliphatic imine (C=N–C) groups is 1. The molecule has 3 aliphatic rings. The monoisotopic (exact) mass is 568 g/mol. The van der Waals surface area contributed by atoms with Crippen LogP contribution in [0.25, 0.3) is 0 Å². The lowest BCUT2D eigenvalue weighted by Gasteiger charge is -2.34. The topological polar surface area (TPSA) is 85.2 Å². The molecule has 1 fully saturated rings. The standard InChI is InChI=1S/C30H34Cl2N4O3/c31-26-6-5-22(15-27(26)32)23-16-28(37)25(29(38)17-23)18-33-7-8-35-9-11-36(12-10-35)19-30(39)34-24-13-20-3-1-2-4-21(20)14-24/h1-6,15,18,23-24,37H,7-14,16-17,19H2,(H,34,39). The molecular weight excluding hydrogens is 535 g/mol. The van der Waals surface area contributed by atoms with Gasteiger partial charge in [-0.1, -0.05) is 53.5 Å². The predicted molar refractivity (Wildman–Crippen MR) is 155 cm³/mol. The molecule has 0 aromatic heterocycles. The molecule has 206 valence electrons. The first-order valence-corrected chi connectivity index (χ1v) is 14.3. The maximum absolute atomic E-state index is 12.7. The summed E-state index contributed by atoms with van der Waals surface area (Å²) in [7, 11) is 0. The number of benzene rings is 2. The molecule has 0 spiro atoms. The predicted octanol–water partition coefficient (Wildman–Crippen LogP) is 4.22. The SMILES string of the molecule is O=C(CN1CCN(CCN=CC2=C(O)CC(c3ccc(Cl)c(Cl)c3)CC2=O)CC1)NC1Cc2ccccc2C1. The minimum Gasteiger partial charge on any atom is -0.511 e. The number of rotatable bonds is 8. The van der Waals surface area contributed by atoms with Crippen LogP contribution >= 0.6 is 23.2 Å². The van der Waals surface area contributed by atoms with Crippen molar-refractivity contribution < 1.29 is 14.7 Å². The molecule has 2 aromatic carbocycles. The number of halogens is 2. The van der Waals surface area contributed by atoms with Gasteiger partial charge in [-0.15, -0.1) is 0 Å². The van der Waals surface area contributed by atoms with Gasteiger partial charge in [-0.05, 0) is 47.6 Å². The van der Waals surface area contributed by atoms with E-state index in [1.807, 2.05) is 6.07 Å². The number of nitrogens with zero attached hydrogens (tertiary/aromatic N) is 3. The Bertz CT molecular complexity index is 1260. The van der Waals surface area contributed by atoms with Crippen molar-refractivity contribution in [3.63, 3.8) is 0 Å². The number of carbonyl (C=O) groups is 2. The molecule has 1 heterocycles. The highest BCUT2D eigenvalue weighted by molar-refractivity contribution is 6.42. The minimum absolute atomic E-state index is 0.0689. The third kappa shape index (κ3) is 7.09. The zero-order valence-electron chi connectivity index (χ0n) is 21.9. The van der Waals surface area contributed by atoms with Gasteiger partial charge in [0.1, 0.15) is 5.76 Å². The molecule has 1 atom stereocenters. The maximum Gasteiger partial charge on any atom is 0.234 e. The van der Waals surface area contributed by atoms with Crippen LogP contribution in [0.3, 0.4) is 0 Å². The zero-order chi connectivity index (χ0) is 27.4. The fraction of sp³-hybridized carbons (Fsp3) is 0.433. The number of piperazine rings is 1. The van der Waals surface area contributed by atoms with E-state index in [0.717, 1.165) is 51.1 Å². The van der Waals surface area contributed by atoms with E-state index in [2.05, 4.69) is 44.4 Å². The van der Waals surface area contributed by atoms with Gasteiger partial charge < -0.3 is 10.4 Å². The van der Waals surface area contributed by atoms with Gasteiger partial charge in [-0.2, -0.15) is 0 Å². The number of ketones is 1. The van der Waals surface area contributed by atoms with Crippen molar-refractivity contribution in [3.05, 3.63) is 80.5 Å². The smallest absolute Gasteiger partial charge is 0.234 e. The number of fused-ring (bicyclic) bond motifs is 1. The molecule has 1 unspecified atom stereocenters. The highest BCUT2D eigenvalue weighted by atomic mass is 35.5. The average Bonchev–Trinajstić information content (AvgIpc) is 3.32. The average molecular weight is 570 g/mol. The minimum atomic E-state index is -0.128. The van der Waals surface area contributed by atoms with E-state index in [9.17, 15) is 14.7 Å². The van der Waals surface area contributed by atoms with Crippen LogP contribution in [0.15, 0.2) is 58.8 Å². The second-order valence-corrected chi connectivity index (χ2v) is 11.5. The van der Waals surface area contributed by atoms with E-state index in [1.165, 1.54) is 17.3 Å². The molecule has 0 radical (unpaired) electrons. The van der Waals surface area contributed by atoms with E-state index >= 15 is 0 Å². The molecule has 9 heteroatoms. The number of carbonyl (C=O) groups excluding carboxylic acids is 2. The first-order chi connectivity index (χ1) is 18.9. The summed E-state index contributed by atoms with van der Waals surface area (Å²) in [4.78, 5) is 34.3. The summed E-state index contributed by atoms with van der Waals surface area (Å²) < 4.78 is 0. The van der Waals surface area contributed by atoms with E-state index in [0.29, 0.717) is 41.5 Å².